The van der Waals surface area contributed by atoms with E-state index in [4.69, 9.17) is 28.5 Å². The Bertz CT molecular complexity index is 438. The van der Waals surface area contributed by atoms with Crippen LogP contribution in [0.15, 0.2) is 12.1 Å². The number of carbonyl (C=O) groups excluding carboxylic acids is 1. The van der Waals surface area contributed by atoms with Gasteiger partial charge in [0, 0.05) is 5.88 Å². The second-order valence-electron chi connectivity index (χ2n) is 2.69. The quantitative estimate of drug-likeness (QED) is 0.593. The molecular formula is C10H7Cl2NO2. The van der Waals surface area contributed by atoms with Crippen molar-refractivity contribution in [2.75, 3.05) is 7.11 Å². The molecular weight excluding hydrogens is 237 g/mol. The molecule has 1 aromatic rings. The van der Waals surface area contributed by atoms with Crippen LogP contribution >= 0.6 is 23.2 Å². The zero-order valence-corrected chi connectivity index (χ0v) is 9.39. The van der Waals surface area contributed by atoms with Gasteiger partial charge in [-0.05, 0) is 11.6 Å². The highest BCUT2D eigenvalue weighted by molar-refractivity contribution is 6.34. The first-order valence-electron chi connectivity index (χ1n) is 4.01. The van der Waals surface area contributed by atoms with Gasteiger partial charge in [0.2, 0.25) is 0 Å². The number of esters is 1. The summed E-state index contributed by atoms with van der Waals surface area (Å²) in [6, 6.07) is 5.03. The maximum absolute atomic E-state index is 11.4. The van der Waals surface area contributed by atoms with Gasteiger partial charge in [0.05, 0.1) is 23.3 Å². The van der Waals surface area contributed by atoms with Gasteiger partial charge in [0.25, 0.3) is 0 Å². The van der Waals surface area contributed by atoms with Crippen LogP contribution in [0.2, 0.25) is 5.02 Å². The van der Waals surface area contributed by atoms with Crippen LogP contribution in [0.25, 0.3) is 0 Å². The predicted octanol–water partition coefficient (Wildman–Crippen LogP) is 2.74. The van der Waals surface area contributed by atoms with Crippen LogP contribution in [0.1, 0.15) is 21.5 Å². The van der Waals surface area contributed by atoms with Crippen LogP contribution in [0.5, 0.6) is 0 Å². The van der Waals surface area contributed by atoms with Crippen molar-refractivity contribution in [3.8, 4) is 6.07 Å². The number of ether oxygens (including phenoxy) is 1. The molecule has 1 rings (SSSR count). The number of methoxy groups -OCH3 is 1. The van der Waals surface area contributed by atoms with E-state index in [2.05, 4.69) is 4.74 Å². The van der Waals surface area contributed by atoms with Gasteiger partial charge in [-0.3, -0.25) is 0 Å². The molecule has 0 aromatic heterocycles. The van der Waals surface area contributed by atoms with Crippen LogP contribution in [0.3, 0.4) is 0 Å². The Labute approximate surface area is 97.2 Å². The summed E-state index contributed by atoms with van der Waals surface area (Å²) in [6.45, 7) is 0. The standard InChI is InChI=1S/C10H7Cl2NO2/c1-15-10(14)9-7(5-13)6(4-11)2-3-8(9)12/h2-3H,4H2,1H3. The minimum atomic E-state index is -0.636. The van der Waals surface area contributed by atoms with E-state index in [-0.39, 0.29) is 22.0 Å². The fourth-order valence-electron chi connectivity index (χ4n) is 1.16. The van der Waals surface area contributed by atoms with Gasteiger partial charge in [-0.25, -0.2) is 4.79 Å². The summed E-state index contributed by atoms with van der Waals surface area (Å²) in [4.78, 5) is 11.4. The summed E-state index contributed by atoms with van der Waals surface area (Å²) in [7, 11) is 1.23. The molecule has 0 unspecified atom stereocenters. The van der Waals surface area contributed by atoms with Gasteiger partial charge in [0.15, 0.2) is 0 Å². The molecule has 0 N–H and O–H groups in total. The molecule has 0 saturated carbocycles. The van der Waals surface area contributed by atoms with Crippen LogP contribution in [0.4, 0.5) is 0 Å². The van der Waals surface area contributed by atoms with Gasteiger partial charge < -0.3 is 4.74 Å². The third-order valence-electron chi connectivity index (χ3n) is 1.89. The van der Waals surface area contributed by atoms with Crippen LogP contribution < -0.4 is 0 Å². The predicted molar refractivity (Wildman–Crippen MR) is 57.1 cm³/mol. The number of rotatable bonds is 2. The average molecular weight is 244 g/mol. The lowest BCUT2D eigenvalue weighted by Crippen LogP contribution is -2.07. The Morgan fingerprint density at radius 2 is 2.27 bits per heavy atom. The molecule has 0 radical (unpaired) electrons. The topological polar surface area (TPSA) is 50.1 Å². The number of hydrogen-bond donors (Lipinski definition) is 0. The normalized spacial score (nSPS) is 9.47. The Morgan fingerprint density at radius 3 is 2.73 bits per heavy atom. The van der Waals surface area contributed by atoms with E-state index in [0.29, 0.717) is 5.56 Å². The molecule has 0 spiro atoms. The summed E-state index contributed by atoms with van der Waals surface area (Å²) in [6.07, 6.45) is 0. The molecule has 0 atom stereocenters. The zero-order chi connectivity index (χ0) is 11.4. The lowest BCUT2D eigenvalue weighted by molar-refractivity contribution is 0.0600. The van der Waals surface area contributed by atoms with Crippen molar-refractivity contribution in [3.05, 3.63) is 33.8 Å². The third kappa shape index (κ3) is 2.23. The summed E-state index contributed by atoms with van der Waals surface area (Å²) >= 11 is 11.5. The maximum Gasteiger partial charge on any atom is 0.340 e. The van der Waals surface area contributed by atoms with Crippen molar-refractivity contribution in [2.24, 2.45) is 0 Å². The van der Waals surface area contributed by atoms with E-state index in [1.54, 1.807) is 6.07 Å². The largest absolute Gasteiger partial charge is 0.465 e. The van der Waals surface area contributed by atoms with Gasteiger partial charge in [0.1, 0.15) is 6.07 Å². The molecule has 0 aliphatic heterocycles. The number of nitriles is 1. The van der Waals surface area contributed by atoms with E-state index in [0.717, 1.165) is 0 Å². The molecule has 0 bridgehead atoms. The minimum absolute atomic E-state index is 0.0693. The molecule has 0 heterocycles. The van der Waals surface area contributed by atoms with E-state index < -0.39 is 5.97 Å². The summed E-state index contributed by atoms with van der Waals surface area (Å²) < 4.78 is 4.54. The molecule has 5 heteroatoms. The van der Waals surface area contributed by atoms with Crippen LogP contribution in [0, 0.1) is 11.3 Å². The monoisotopic (exact) mass is 243 g/mol. The van der Waals surface area contributed by atoms with Gasteiger partial charge in [-0.1, -0.05) is 17.7 Å². The summed E-state index contributed by atoms with van der Waals surface area (Å²) in [5.74, 6) is -0.493. The molecule has 0 amide bonds. The van der Waals surface area contributed by atoms with Crippen LogP contribution in [-0.4, -0.2) is 13.1 Å². The zero-order valence-electron chi connectivity index (χ0n) is 7.88. The van der Waals surface area contributed by atoms with Gasteiger partial charge in [-0.15, -0.1) is 11.6 Å². The molecule has 78 valence electrons. The highest BCUT2D eigenvalue weighted by atomic mass is 35.5. The highest BCUT2D eigenvalue weighted by Gasteiger charge is 2.18. The first-order chi connectivity index (χ1) is 7.15. The molecule has 0 fully saturated rings. The van der Waals surface area contributed by atoms with Crippen molar-refractivity contribution in [1.82, 2.24) is 0 Å². The molecule has 3 nitrogen and oxygen atoms in total. The molecule has 15 heavy (non-hydrogen) atoms. The van der Waals surface area contributed by atoms with Gasteiger partial charge >= 0.3 is 5.97 Å². The van der Waals surface area contributed by atoms with Crippen LogP contribution in [-0.2, 0) is 10.6 Å². The van der Waals surface area contributed by atoms with Crippen molar-refractivity contribution < 1.29 is 9.53 Å². The van der Waals surface area contributed by atoms with Crippen molar-refractivity contribution >= 4 is 29.2 Å². The van der Waals surface area contributed by atoms with E-state index in [1.807, 2.05) is 6.07 Å². The van der Waals surface area contributed by atoms with Crippen molar-refractivity contribution in [3.63, 3.8) is 0 Å². The first kappa shape index (κ1) is 11.8. The third-order valence-corrected chi connectivity index (χ3v) is 2.49. The molecule has 0 saturated heterocycles. The smallest absolute Gasteiger partial charge is 0.340 e. The second-order valence-corrected chi connectivity index (χ2v) is 3.37. The maximum atomic E-state index is 11.4. The van der Waals surface area contributed by atoms with Crippen molar-refractivity contribution in [2.45, 2.75) is 5.88 Å². The Balaban J connectivity index is 3.47. The van der Waals surface area contributed by atoms with E-state index in [1.165, 1.54) is 13.2 Å². The number of nitrogens with zero attached hydrogens (tertiary/aromatic N) is 1. The Hall–Kier alpha value is -1.24. The number of alkyl halides is 1. The number of benzene rings is 1. The fraction of sp³-hybridized carbons (Fsp3) is 0.200. The number of hydrogen-bond acceptors (Lipinski definition) is 3. The van der Waals surface area contributed by atoms with Gasteiger partial charge in [-0.2, -0.15) is 5.26 Å². The Kier molecular flexibility index (Phi) is 3.96. The SMILES string of the molecule is COC(=O)c1c(Cl)ccc(CCl)c1C#N. The lowest BCUT2D eigenvalue weighted by Gasteiger charge is -2.07. The molecule has 0 aliphatic carbocycles. The van der Waals surface area contributed by atoms with E-state index >= 15 is 0 Å². The number of carbonyl (C=O) groups is 1. The lowest BCUT2D eigenvalue weighted by atomic mass is 10.0. The minimum Gasteiger partial charge on any atom is -0.465 e. The summed E-state index contributed by atoms with van der Waals surface area (Å²) in [5.41, 5.74) is 0.799. The molecule has 0 aliphatic rings. The molecule has 1 aromatic carbocycles. The summed E-state index contributed by atoms with van der Waals surface area (Å²) in [5, 5.41) is 9.11. The average Bonchev–Trinajstić information content (AvgIpc) is 2.27. The van der Waals surface area contributed by atoms with Crippen molar-refractivity contribution in [1.29, 1.82) is 5.26 Å². The Morgan fingerprint density at radius 1 is 1.60 bits per heavy atom. The number of halogens is 2. The second kappa shape index (κ2) is 5.01. The fourth-order valence-corrected chi connectivity index (χ4v) is 1.62. The first-order valence-corrected chi connectivity index (χ1v) is 4.92. The highest BCUT2D eigenvalue weighted by Crippen LogP contribution is 2.24. The van der Waals surface area contributed by atoms with E-state index in [9.17, 15) is 4.79 Å².